The van der Waals surface area contributed by atoms with Crippen LogP contribution in [0.15, 0.2) is 24.3 Å². The molecule has 1 aromatic carbocycles. The third-order valence-electron chi connectivity index (χ3n) is 2.88. The fraction of sp³-hybridized carbons (Fsp3) is 0.462. The van der Waals surface area contributed by atoms with Gasteiger partial charge in [0.15, 0.2) is 0 Å². The molecule has 3 N–H and O–H groups in total. The molecule has 0 radical (unpaired) electrons. The number of hydrogen-bond acceptors (Lipinski definition) is 4. The molecular weight excluding hydrogens is 314 g/mol. The minimum atomic E-state index is -3.41. The van der Waals surface area contributed by atoms with Crippen molar-refractivity contribution in [3.8, 4) is 0 Å². The number of benzene rings is 1. The number of nitrogens with one attached hydrogen (secondary N) is 3. The summed E-state index contributed by atoms with van der Waals surface area (Å²) in [4.78, 5) is 12.1. The molecule has 0 bridgehead atoms. The zero-order valence-electron chi connectivity index (χ0n) is 12.3. The second-order valence-corrected chi connectivity index (χ2v) is 6.46. The molecule has 0 aliphatic carbocycles. The molecule has 21 heavy (non-hydrogen) atoms. The lowest BCUT2D eigenvalue weighted by molar-refractivity contribution is 0.0951. The zero-order chi connectivity index (χ0) is 15.2. The fourth-order valence-electron chi connectivity index (χ4n) is 1.45. The molecule has 0 saturated heterocycles. The topological polar surface area (TPSA) is 87.3 Å². The standard InChI is InChI=1S/C13H21N3O3S.ClH/c1-4-20(18,19)16-12-8-6-5-7-11(12)13(17)15-9-10(2)14-3;/h5-8,10,14,16H,4,9H2,1-3H3,(H,15,17);1H. The van der Waals surface area contributed by atoms with Gasteiger partial charge in [0.05, 0.1) is 17.0 Å². The van der Waals surface area contributed by atoms with E-state index >= 15 is 0 Å². The number of amides is 1. The van der Waals surface area contributed by atoms with Crippen molar-refractivity contribution in [1.29, 1.82) is 0 Å². The van der Waals surface area contributed by atoms with Crippen molar-refractivity contribution < 1.29 is 13.2 Å². The van der Waals surface area contributed by atoms with Gasteiger partial charge >= 0.3 is 0 Å². The fourth-order valence-corrected chi connectivity index (χ4v) is 2.11. The number of carbonyl (C=O) groups excluding carboxylic acids is 1. The number of para-hydroxylation sites is 1. The van der Waals surface area contributed by atoms with E-state index < -0.39 is 10.0 Å². The average molecular weight is 336 g/mol. The minimum absolute atomic E-state index is 0. The van der Waals surface area contributed by atoms with Crippen LogP contribution in [-0.2, 0) is 10.0 Å². The Bertz CT molecular complexity index is 564. The Morgan fingerprint density at radius 2 is 1.90 bits per heavy atom. The summed E-state index contributed by atoms with van der Waals surface area (Å²) < 4.78 is 25.6. The van der Waals surface area contributed by atoms with Gasteiger partial charge in [-0.15, -0.1) is 12.4 Å². The first-order valence-electron chi connectivity index (χ1n) is 6.44. The van der Waals surface area contributed by atoms with Crippen LogP contribution in [0.3, 0.4) is 0 Å². The van der Waals surface area contributed by atoms with Gasteiger partial charge in [-0.05, 0) is 33.0 Å². The number of halogens is 1. The smallest absolute Gasteiger partial charge is 0.253 e. The molecule has 1 unspecified atom stereocenters. The zero-order valence-corrected chi connectivity index (χ0v) is 14.0. The Labute approximate surface area is 132 Å². The summed E-state index contributed by atoms with van der Waals surface area (Å²) in [6.07, 6.45) is 0. The van der Waals surface area contributed by atoms with Crippen LogP contribution < -0.4 is 15.4 Å². The summed E-state index contributed by atoms with van der Waals surface area (Å²) in [6, 6.07) is 6.68. The largest absolute Gasteiger partial charge is 0.350 e. The van der Waals surface area contributed by atoms with Gasteiger partial charge in [-0.2, -0.15) is 0 Å². The van der Waals surface area contributed by atoms with Gasteiger partial charge in [-0.25, -0.2) is 8.42 Å². The summed E-state index contributed by atoms with van der Waals surface area (Å²) >= 11 is 0. The molecule has 0 spiro atoms. The van der Waals surface area contributed by atoms with E-state index in [0.717, 1.165) is 0 Å². The van der Waals surface area contributed by atoms with Gasteiger partial charge in [0.2, 0.25) is 10.0 Å². The van der Waals surface area contributed by atoms with Crippen LogP contribution in [-0.4, -0.2) is 39.7 Å². The summed E-state index contributed by atoms with van der Waals surface area (Å²) in [6.45, 7) is 3.94. The van der Waals surface area contributed by atoms with Gasteiger partial charge in [-0.1, -0.05) is 12.1 Å². The molecule has 0 aromatic heterocycles. The molecule has 1 aromatic rings. The van der Waals surface area contributed by atoms with E-state index in [2.05, 4.69) is 15.4 Å². The van der Waals surface area contributed by atoms with Gasteiger partial charge in [0, 0.05) is 12.6 Å². The van der Waals surface area contributed by atoms with E-state index in [4.69, 9.17) is 0 Å². The molecule has 8 heteroatoms. The minimum Gasteiger partial charge on any atom is -0.350 e. The molecular formula is C13H22ClN3O3S. The Kier molecular flexibility index (Phi) is 8.31. The maximum Gasteiger partial charge on any atom is 0.253 e. The third-order valence-corrected chi connectivity index (χ3v) is 4.17. The van der Waals surface area contributed by atoms with Crippen molar-refractivity contribution in [3.05, 3.63) is 29.8 Å². The first kappa shape index (κ1) is 19.7. The van der Waals surface area contributed by atoms with Crippen LogP contribution in [0.4, 0.5) is 5.69 Å². The number of carbonyl (C=O) groups is 1. The van der Waals surface area contributed by atoms with Crippen LogP contribution >= 0.6 is 12.4 Å². The third kappa shape index (κ3) is 6.33. The SMILES string of the molecule is CCS(=O)(=O)Nc1ccccc1C(=O)NCC(C)NC.Cl. The van der Waals surface area contributed by atoms with Crippen LogP contribution in [0.2, 0.25) is 0 Å². The van der Waals surface area contributed by atoms with Gasteiger partial charge in [0.25, 0.3) is 5.91 Å². The quantitative estimate of drug-likeness (QED) is 0.699. The summed E-state index contributed by atoms with van der Waals surface area (Å²) in [5, 5.41) is 5.77. The highest BCUT2D eigenvalue weighted by Crippen LogP contribution is 2.16. The van der Waals surface area contributed by atoms with Crippen molar-refractivity contribution in [2.45, 2.75) is 19.9 Å². The Hall–Kier alpha value is -1.31. The van der Waals surface area contributed by atoms with E-state index in [0.29, 0.717) is 17.8 Å². The molecule has 0 fully saturated rings. The first-order valence-corrected chi connectivity index (χ1v) is 8.09. The molecule has 120 valence electrons. The van der Waals surface area contributed by atoms with Crippen molar-refractivity contribution in [2.75, 3.05) is 24.1 Å². The van der Waals surface area contributed by atoms with Crippen LogP contribution in [0, 0.1) is 0 Å². The number of hydrogen-bond donors (Lipinski definition) is 3. The van der Waals surface area contributed by atoms with E-state index in [1.807, 2.05) is 6.92 Å². The second kappa shape index (κ2) is 8.86. The number of anilines is 1. The van der Waals surface area contributed by atoms with Crippen molar-refractivity contribution >= 4 is 34.0 Å². The highest BCUT2D eigenvalue weighted by molar-refractivity contribution is 7.92. The normalized spacial score (nSPS) is 12.1. The second-order valence-electron chi connectivity index (χ2n) is 4.45. The highest BCUT2D eigenvalue weighted by Gasteiger charge is 2.15. The molecule has 0 aliphatic rings. The molecule has 0 aliphatic heterocycles. The molecule has 6 nitrogen and oxygen atoms in total. The summed E-state index contributed by atoms with van der Waals surface area (Å²) in [7, 11) is -1.60. The monoisotopic (exact) mass is 335 g/mol. The molecule has 1 rings (SSSR count). The van der Waals surface area contributed by atoms with Crippen LogP contribution in [0.25, 0.3) is 0 Å². The number of sulfonamides is 1. The van der Waals surface area contributed by atoms with E-state index in [9.17, 15) is 13.2 Å². The van der Waals surface area contributed by atoms with Crippen LogP contribution in [0.1, 0.15) is 24.2 Å². The lowest BCUT2D eigenvalue weighted by atomic mass is 10.1. The molecule has 1 atom stereocenters. The van der Waals surface area contributed by atoms with Gasteiger partial charge in [0.1, 0.15) is 0 Å². The van der Waals surface area contributed by atoms with Gasteiger partial charge < -0.3 is 10.6 Å². The van der Waals surface area contributed by atoms with E-state index in [-0.39, 0.29) is 30.1 Å². The maximum absolute atomic E-state index is 12.1. The van der Waals surface area contributed by atoms with Crippen molar-refractivity contribution in [1.82, 2.24) is 10.6 Å². The predicted octanol–water partition coefficient (Wildman–Crippen LogP) is 1.21. The summed E-state index contributed by atoms with van der Waals surface area (Å²) in [5.74, 6) is -0.346. The summed E-state index contributed by atoms with van der Waals surface area (Å²) in [5.41, 5.74) is 0.608. The van der Waals surface area contributed by atoms with Crippen LogP contribution in [0.5, 0.6) is 0 Å². The molecule has 0 heterocycles. The lowest BCUT2D eigenvalue weighted by Gasteiger charge is -2.14. The van der Waals surface area contributed by atoms with Gasteiger partial charge in [-0.3, -0.25) is 9.52 Å². The molecule has 1 amide bonds. The van der Waals surface area contributed by atoms with Crippen molar-refractivity contribution in [2.24, 2.45) is 0 Å². The number of likely N-dealkylation sites (N-methyl/N-ethyl adjacent to an activating group) is 1. The Morgan fingerprint density at radius 3 is 2.48 bits per heavy atom. The average Bonchev–Trinajstić information content (AvgIpc) is 2.44. The highest BCUT2D eigenvalue weighted by atomic mass is 35.5. The van der Waals surface area contributed by atoms with E-state index in [1.165, 1.54) is 0 Å². The van der Waals surface area contributed by atoms with Crippen molar-refractivity contribution in [3.63, 3.8) is 0 Å². The number of rotatable bonds is 7. The van der Waals surface area contributed by atoms with E-state index in [1.54, 1.807) is 38.2 Å². The first-order chi connectivity index (χ1) is 9.39. The molecule has 0 saturated carbocycles. The lowest BCUT2D eigenvalue weighted by Crippen LogP contribution is -2.37. The maximum atomic E-state index is 12.1. The Morgan fingerprint density at radius 1 is 1.29 bits per heavy atom. The predicted molar refractivity (Wildman–Crippen MR) is 87.6 cm³/mol. The Balaban J connectivity index is 0.00000400.